The molecule has 172 valence electrons. The maximum Gasteiger partial charge on any atom is 0.229 e. The summed E-state index contributed by atoms with van der Waals surface area (Å²) in [6, 6.07) is 14.3. The first kappa shape index (κ1) is 23.6. The third-order valence-electron chi connectivity index (χ3n) is 4.39. The number of ether oxygens (including phenoxy) is 2. The number of imidazole rings is 1. The highest BCUT2D eigenvalue weighted by atomic mass is 32.2. The number of benzene rings is 2. The van der Waals surface area contributed by atoms with Crippen LogP contribution in [0.2, 0.25) is 0 Å². The number of aromatic nitrogens is 2. The Hall–Kier alpha value is -3.08. The molecule has 0 amide bonds. The molecule has 0 aliphatic heterocycles. The lowest BCUT2D eigenvalue weighted by molar-refractivity contribution is 0.106. The van der Waals surface area contributed by atoms with Gasteiger partial charge in [0.2, 0.25) is 10.0 Å². The SMILES string of the molecule is CS(=O)(=O)Nc1ccc(OCC(O)CNCCCOc2ccc(-n3ccnc3)cc2)cc1. The molecule has 0 spiro atoms. The first-order valence-electron chi connectivity index (χ1n) is 10.2. The van der Waals surface area contributed by atoms with Crippen molar-refractivity contribution in [2.45, 2.75) is 12.5 Å². The molecule has 2 aromatic carbocycles. The maximum absolute atomic E-state index is 11.2. The van der Waals surface area contributed by atoms with E-state index in [1.54, 1.807) is 36.8 Å². The molecule has 0 fully saturated rings. The summed E-state index contributed by atoms with van der Waals surface area (Å²) in [7, 11) is -3.31. The summed E-state index contributed by atoms with van der Waals surface area (Å²) in [6.45, 7) is 1.80. The van der Waals surface area contributed by atoms with E-state index in [1.165, 1.54) is 0 Å². The number of nitrogens with one attached hydrogen (secondary N) is 2. The fourth-order valence-corrected chi connectivity index (χ4v) is 3.43. The average molecular weight is 461 g/mol. The van der Waals surface area contributed by atoms with Crippen molar-refractivity contribution in [3.8, 4) is 17.2 Å². The molecule has 32 heavy (non-hydrogen) atoms. The smallest absolute Gasteiger partial charge is 0.229 e. The van der Waals surface area contributed by atoms with Crippen LogP contribution in [0.25, 0.3) is 5.69 Å². The predicted molar refractivity (Wildman–Crippen MR) is 123 cm³/mol. The van der Waals surface area contributed by atoms with Crippen molar-refractivity contribution in [2.75, 3.05) is 37.3 Å². The molecule has 1 unspecified atom stereocenters. The van der Waals surface area contributed by atoms with Gasteiger partial charge in [-0.05, 0) is 61.5 Å². The van der Waals surface area contributed by atoms with E-state index >= 15 is 0 Å². The van der Waals surface area contributed by atoms with Gasteiger partial charge in [-0.2, -0.15) is 0 Å². The fraction of sp³-hybridized carbons (Fsp3) is 0.318. The van der Waals surface area contributed by atoms with Crippen LogP contribution in [0.15, 0.2) is 67.3 Å². The minimum absolute atomic E-state index is 0.131. The molecule has 3 aromatic rings. The van der Waals surface area contributed by atoms with Crippen molar-refractivity contribution in [1.29, 1.82) is 0 Å². The van der Waals surface area contributed by atoms with E-state index in [9.17, 15) is 13.5 Å². The van der Waals surface area contributed by atoms with E-state index in [0.717, 1.165) is 24.1 Å². The molecule has 1 aromatic heterocycles. The summed E-state index contributed by atoms with van der Waals surface area (Å²) in [4.78, 5) is 4.03. The number of aliphatic hydroxyl groups is 1. The van der Waals surface area contributed by atoms with Gasteiger partial charge in [-0.15, -0.1) is 0 Å². The van der Waals surface area contributed by atoms with Gasteiger partial charge in [-0.25, -0.2) is 13.4 Å². The largest absolute Gasteiger partial charge is 0.494 e. The summed E-state index contributed by atoms with van der Waals surface area (Å²) in [5, 5.41) is 13.2. The first-order chi connectivity index (χ1) is 15.4. The number of sulfonamides is 1. The molecular formula is C22H28N4O5S. The van der Waals surface area contributed by atoms with Gasteiger partial charge in [-0.3, -0.25) is 4.72 Å². The van der Waals surface area contributed by atoms with Gasteiger partial charge < -0.3 is 24.5 Å². The van der Waals surface area contributed by atoms with Crippen molar-refractivity contribution in [2.24, 2.45) is 0 Å². The van der Waals surface area contributed by atoms with Gasteiger partial charge in [0.05, 0.1) is 19.2 Å². The molecule has 10 heteroatoms. The Morgan fingerprint density at radius 3 is 2.41 bits per heavy atom. The number of hydrogen-bond acceptors (Lipinski definition) is 7. The van der Waals surface area contributed by atoms with E-state index in [2.05, 4.69) is 15.0 Å². The highest BCUT2D eigenvalue weighted by Gasteiger charge is 2.06. The Balaban J connectivity index is 1.26. The summed E-state index contributed by atoms with van der Waals surface area (Å²) >= 11 is 0. The molecule has 0 bridgehead atoms. The number of aliphatic hydroxyl groups excluding tert-OH is 1. The van der Waals surface area contributed by atoms with Crippen molar-refractivity contribution in [1.82, 2.24) is 14.9 Å². The van der Waals surface area contributed by atoms with E-state index in [0.29, 0.717) is 31.1 Å². The molecule has 0 saturated carbocycles. The highest BCUT2D eigenvalue weighted by molar-refractivity contribution is 7.92. The van der Waals surface area contributed by atoms with E-state index in [-0.39, 0.29) is 6.61 Å². The van der Waals surface area contributed by atoms with Gasteiger partial charge in [0.1, 0.15) is 24.2 Å². The van der Waals surface area contributed by atoms with Crippen LogP contribution in [-0.2, 0) is 10.0 Å². The third-order valence-corrected chi connectivity index (χ3v) is 4.99. The Labute approximate surface area is 188 Å². The summed E-state index contributed by atoms with van der Waals surface area (Å²) in [5.74, 6) is 1.36. The van der Waals surface area contributed by atoms with Crippen LogP contribution in [0.5, 0.6) is 11.5 Å². The number of nitrogens with zero attached hydrogens (tertiary/aromatic N) is 2. The zero-order valence-electron chi connectivity index (χ0n) is 17.8. The quantitative estimate of drug-likeness (QED) is 0.334. The summed E-state index contributed by atoms with van der Waals surface area (Å²) < 4.78 is 38.0. The molecule has 0 saturated heterocycles. The van der Waals surface area contributed by atoms with Crippen molar-refractivity contribution < 1.29 is 23.0 Å². The first-order valence-corrected chi connectivity index (χ1v) is 12.1. The molecule has 3 N–H and O–H groups in total. The predicted octanol–water partition coefficient (Wildman–Crippen LogP) is 2.04. The minimum Gasteiger partial charge on any atom is -0.494 e. The van der Waals surface area contributed by atoms with Crippen LogP contribution in [-0.4, -0.2) is 61.7 Å². The summed E-state index contributed by atoms with van der Waals surface area (Å²) in [5.41, 5.74) is 1.48. The third kappa shape index (κ3) is 8.22. The molecule has 0 aliphatic carbocycles. The Kier molecular flexibility index (Phi) is 8.48. The zero-order valence-corrected chi connectivity index (χ0v) is 18.7. The normalized spacial score (nSPS) is 12.3. The van der Waals surface area contributed by atoms with Crippen molar-refractivity contribution in [3.05, 3.63) is 67.3 Å². The standard InChI is InChI=1S/C22H28N4O5S/c1-32(28,29)25-18-3-7-22(8-4-18)31-16-20(27)15-23-11-2-14-30-21-9-5-19(6-10-21)26-13-12-24-17-26/h3-10,12-13,17,20,23,25,27H,2,11,14-16H2,1H3. The van der Waals surface area contributed by atoms with Crippen LogP contribution in [0.4, 0.5) is 5.69 Å². The Bertz CT molecular complexity index is 1040. The Morgan fingerprint density at radius 1 is 1.06 bits per heavy atom. The van der Waals surface area contributed by atoms with Gasteiger partial charge >= 0.3 is 0 Å². The monoisotopic (exact) mass is 460 g/mol. The molecule has 9 nitrogen and oxygen atoms in total. The second kappa shape index (κ2) is 11.5. The molecule has 1 heterocycles. The summed E-state index contributed by atoms with van der Waals surface area (Å²) in [6.07, 6.45) is 6.59. The minimum atomic E-state index is -3.31. The number of rotatable bonds is 13. The van der Waals surface area contributed by atoms with Gasteiger partial charge in [0.15, 0.2) is 0 Å². The molecular weight excluding hydrogens is 432 g/mol. The van der Waals surface area contributed by atoms with Crippen LogP contribution in [0, 0.1) is 0 Å². The van der Waals surface area contributed by atoms with Crippen molar-refractivity contribution in [3.63, 3.8) is 0 Å². The molecule has 1 atom stereocenters. The zero-order chi connectivity index (χ0) is 22.8. The topological polar surface area (TPSA) is 115 Å². The van der Waals surface area contributed by atoms with E-state index < -0.39 is 16.1 Å². The highest BCUT2D eigenvalue weighted by Crippen LogP contribution is 2.17. The van der Waals surface area contributed by atoms with Crippen LogP contribution >= 0.6 is 0 Å². The second-order valence-corrected chi connectivity index (χ2v) is 8.98. The lowest BCUT2D eigenvalue weighted by atomic mass is 10.3. The van der Waals surface area contributed by atoms with Gasteiger partial charge in [-0.1, -0.05) is 0 Å². The second-order valence-electron chi connectivity index (χ2n) is 7.23. The maximum atomic E-state index is 11.2. The average Bonchev–Trinajstić information content (AvgIpc) is 3.30. The van der Waals surface area contributed by atoms with Crippen LogP contribution in [0.3, 0.4) is 0 Å². The number of anilines is 1. The molecule has 0 radical (unpaired) electrons. The van der Waals surface area contributed by atoms with Crippen LogP contribution < -0.4 is 19.5 Å². The lowest BCUT2D eigenvalue weighted by Crippen LogP contribution is -2.32. The van der Waals surface area contributed by atoms with E-state index in [1.807, 2.05) is 35.0 Å². The van der Waals surface area contributed by atoms with Crippen LogP contribution in [0.1, 0.15) is 6.42 Å². The van der Waals surface area contributed by atoms with E-state index in [4.69, 9.17) is 9.47 Å². The molecule has 0 aliphatic rings. The number of hydrogen-bond donors (Lipinski definition) is 3. The van der Waals surface area contributed by atoms with Crippen molar-refractivity contribution >= 4 is 15.7 Å². The fourth-order valence-electron chi connectivity index (χ4n) is 2.87. The van der Waals surface area contributed by atoms with Gasteiger partial charge in [0.25, 0.3) is 0 Å². The van der Waals surface area contributed by atoms with Gasteiger partial charge in [0, 0.05) is 30.3 Å². The Morgan fingerprint density at radius 2 is 1.75 bits per heavy atom. The molecule has 3 rings (SSSR count). The lowest BCUT2D eigenvalue weighted by Gasteiger charge is -2.14.